The summed E-state index contributed by atoms with van der Waals surface area (Å²) in [5.41, 5.74) is 0.977. The molecule has 0 saturated heterocycles. The van der Waals surface area contributed by atoms with E-state index in [-0.39, 0.29) is 18.3 Å². The van der Waals surface area contributed by atoms with Crippen LogP contribution in [0.3, 0.4) is 0 Å². The third kappa shape index (κ3) is 4.68. The Hall–Kier alpha value is -2.80. The maximum atomic E-state index is 12.2. The van der Waals surface area contributed by atoms with E-state index >= 15 is 0 Å². The number of hydrogen-bond acceptors (Lipinski definition) is 5. The van der Waals surface area contributed by atoms with E-state index in [9.17, 15) is 9.59 Å². The Labute approximate surface area is 164 Å². The van der Waals surface area contributed by atoms with Crippen molar-refractivity contribution >= 4 is 38.6 Å². The second-order valence-corrected chi connectivity index (χ2v) is 6.76. The summed E-state index contributed by atoms with van der Waals surface area (Å²) in [4.78, 5) is 25.6. The minimum atomic E-state index is -0.679. The van der Waals surface area contributed by atoms with E-state index in [2.05, 4.69) is 15.9 Å². The minimum Gasteiger partial charge on any atom is -0.497 e. The number of likely N-dealkylation sites (N-methyl/N-ethyl adjacent to an activating group) is 1. The van der Waals surface area contributed by atoms with Crippen LogP contribution >= 0.6 is 15.9 Å². The number of fused-ring (bicyclic) bond motifs is 1. The van der Waals surface area contributed by atoms with Crippen molar-refractivity contribution in [2.45, 2.75) is 6.54 Å². The highest BCUT2D eigenvalue weighted by molar-refractivity contribution is 9.10. The molecule has 6 nitrogen and oxygen atoms in total. The zero-order valence-electron chi connectivity index (χ0n) is 14.9. The van der Waals surface area contributed by atoms with Crippen molar-refractivity contribution in [3.05, 3.63) is 64.5 Å². The van der Waals surface area contributed by atoms with Gasteiger partial charge in [-0.15, -0.1) is 0 Å². The van der Waals surface area contributed by atoms with Crippen molar-refractivity contribution in [2.75, 3.05) is 20.8 Å². The fraction of sp³-hybridized carbons (Fsp3) is 0.200. The van der Waals surface area contributed by atoms with Gasteiger partial charge in [0.15, 0.2) is 11.3 Å². The Morgan fingerprint density at radius 3 is 2.52 bits per heavy atom. The molecule has 140 valence electrons. The average Bonchev–Trinajstić information content (AvgIpc) is 3.11. The van der Waals surface area contributed by atoms with Gasteiger partial charge in [0.1, 0.15) is 5.75 Å². The number of esters is 1. The second-order valence-electron chi connectivity index (χ2n) is 5.98. The van der Waals surface area contributed by atoms with Crippen LogP contribution < -0.4 is 4.74 Å². The fourth-order valence-electron chi connectivity index (χ4n) is 2.59. The number of amides is 1. The van der Waals surface area contributed by atoms with Gasteiger partial charge in [-0.1, -0.05) is 18.2 Å². The van der Waals surface area contributed by atoms with Gasteiger partial charge in [0, 0.05) is 13.6 Å². The van der Waals surface area contributed by atoms with Gasteiger partial charge in [-0.05, 0) is 62.6 Å². The number of rotatable bonds is 6. The Balaban J connectivity index is 1.59. The van der Waals surface area contributed by atoms with Crippen molar-refractivity contribution in [3.8, 4) is 5.75 Å². The monoisotopic (exact) mass is 431 g/mol. The molecule has 0 aliphatic rings. The molecule has 0 radical (unpaired) electrons. The van der Waals surface area contributed by atoms with Gasteiger partial charge in [0.05, 0.1) is 7.11 Å². The lowest BCUT2D eigenvalue weighted by Gasteiger charge is -2.17. The number of ether oxygens (including phenoxy) is 2. The molecule has 0 aliphatic heterocycles. The van der Waals surface area contributed by atoms with Crippen LogP contribution in [0.5, 0.6) is 5.75 Å². The van der Waals surface area contributed by atoms with Gasteiger partial charge >= 0.3 is 5.97 Å². The Morgan fingerprint density at radius 2 is 1.81 bits per heavy atom. The first kappa shape index (κ1) is 19.0. The summed E-state index contributed by atoms with van der Waals surface area (Å²) in [7, 11) is 3.30. The molecule has 0 bridgehead atoms. The lowest BCUT2D eigenvalue weighted by Crippen LogP contribution is -2.30. The molecule has 3 rings (SSSR count). The van der Waals surface area contributed by atoms with Gasteiger partial charge in [-0.3, -0.25) is 4.79 Å². The highest BCUT2D eigenvalue weighted by Crippen LogP contribution is 2.22. The summed E-state index contributed by atoms with van der Waals surface area (Å²) in [6, 6.07) is 14.9. The smallest absolute Gasteiger partial charge is 0.374 e. The Morgan fingerprint density at radius 1 is 1.07 bits per heavy atom. The number of benzene rings is 2. The highest BCUT2D eigenvalue weighted by Gasteiger charge is 2.16. The number of furan rings is 1. The number of halogens is 1. The first-order valence-corrected chi connectivity index (χ1v) is 8.98. The van der Waals surface area contributed by atoms with E-state index in [1.54, 1.807) is 20.2 Å². The van der Waals surface area contributed by atoms with Crippen LogP contribution in [0.4, 0.5) is 0 Å². The molecular weight excluding hydrogens is 414 g/mol. The minimum absolute atomic E-state index is 0.0438. The number of nitrogens with zero attached hydrogens (tertiary/aromatic N) is 1. The van der Waals surface area contributed by atoms with Gasteiger partial charge in [0.2, 0.25) is 5.76 Å². The molecule has 0 saturated carbocycles. The van der Waals surface area contributed by atoms with Gasteiger partial charge in [-0.25, -0.2) is 4.79 Å². The Bertz CT molecular complexity index is 981. The standard InChI is InChI=1S/C20H18BrNO5/c1-22(19(23)12-26-20(24)17-7-8-18(21)27-17)11-13-3-4-15-10-16(25-2)6-5-14(15)9-13/h3-10H,11-12H2,1-2H3. The summed E-state index contributed by atoms with van der Waals surface area (Å²) in [6.45, 7) is 0.0586. The lowest BCUT2D eigenvalue weighted by atomic mass is 10.1. The average molecular weight is 432 g/mol. The topological polar surface area (TPSA) is 69.0 Å². The first-order chi connectivity index (χ1) is 13.0. The molecule has 0 fully saturated rings. The zero-order valence-corrected chi connectivity index (χ0v) is 16.5. The van der Waals surface area contributed by atoms with Gasteiger partial charge < -0.3 is 18.8 Å². The van der Waals surface area contributed by atoms with Crippen LogP contribution in [0.15, 0.2) is 57.6 Å². The van der Waals surface area contributed by atoms with Crippen molar-refractivity contribution in [3.63, 3.8) is 0 Å². The van der Waals surface area contributed by atoms with Crippen LogP contribution in [0.1, 0.15) is 16.1 Å². The number of carbonyl (C=O) groups excluding carboxylic acids is 2. The normalized spacial score (nSPS) is 10.6. The number of carbonyl (C=O) groups is 2. The van der Waals surface area contributed by atoms with Crippen LogP contribution in [-0.4, -0.2) is 37.5 Å². The summed E-state index contributed by atoms with van der Waals surface area (Å²) >= 11 is 3.11. The van der Waals surface area contributed by atoms with Crippen molar-refractivity contribution in [2.24, 2.45) is 0 Å². The van der Waals surface area contributed by atoms with Crippen LogP contribution in [0.2, 0.25) is 0 Å². The molecule has 27 heavy (non-hydrogen) atoms. The quantitative estimate of drug-likeness (QED) is 0.551. The van der Waals surface area contributed by atoms with Crippen LogP contribution in [0, 0.1) is 0 Å². The maximum absolute atomic E-state index is 12.2. The van der Waals surface area contributed by atoms with Gasteiger partial charge in [-0.2, -0.15) is 0 Å². The molecule has 0 atom stereocenters. The van der Waals surface area contributed by atoms with Crippen molar-refractivity contribution in [1.29, 1.82) is 0 Å². The molecule has 1 aromatic heterocycles. The zero-order chi connectivity index (χ0) is 19.4. The Kier molecular flexibility index (Phi) is 5.81. The fourth-order valence-corrected chi connectivity index (χ4v) is 2.90. The summed E-state index contributed by atoms with van der Waals surface area (Å²) in [5.74, 6) is -0.138. The third-order valence-corrected chi connectivity index (χ3v) is 4.48. The van der Waals surface area contributed by atoms with Crippen LogP contribution in [0.25, 0.3) is 10.8 Å². The van der Waals surface area contributed by atoms with E-state index in [0.29, 0.717) is 11.2 Å². The third-order valence-electron chi connectivity index (χ3n) is 4.06. The summed E-state index contributed by atoms with van der Waals surface area (Å²) in [5, 5.41) is 2.12. The predicted molar refractivity (Wildman–Crippen MR) is 104 cm³/mol. The molecule has 1 amide bonds. The largest absolute Gasteiger partial charge is 0.497 e. The summed E-state index contributed by atoms with van der Waals surface area (Å²) in [6.07, 6.45) is 0. The number of hydrogen-bond donors (Lipinski definition) is 0. The molecule has 2 aromatic carbocycles. The predicted octanol–water partition coefficient (Wildman–Crippen LogP) is 4.02. The highest BCUT2D eigenvalue weighted by atomic mass is 79.9. The molecule has 0 spiro atoms. The van der Waals surface area contributed by atoms with E-state index < -0.39 is 5.97 Å². The van der Waals surface area contributed by atoms with Crippen molar-refractivity contribution < 1.29 is 23.5 Å². The second kappa shape index (κ2) is 8.26. The van der Waals surface area contributed by atoms with Crippen LogP contribution in [-0.2, 0) is 16.1 Å². The van der Waals surface area contributed by atoms with Gasteiger partial charge in [0.25, 0.3) is 5.91 Å². The SMILES string of the molecule is COc1ccc2cc(CN(C)C(=O)COC(=O)c3ccc(Br)o3)ccc2c1. The number of methoxy groups -OCH3 is 1. The molecule has 0 aliphatic carbocycles. The molecule has 7 heteroatoms. The van der Waals surface area contributed by atoms with E-state index in [4.69, 9.17) is 13.9 Å². The van der Waals surface area contributed by atoms with E-state index in [1.165, 1.54) is 11.0 Å². The maximum Gasteiger partial charge on any atom is 0.374 e. The molecule has 0 unspecified atom stereocenters. The lowest BCUT2D eigenvalue weighted by molar-refractivity contribution is -0.133. The van der Waals surface area contributed by atoms with Crippen molar-refractivity contribution in [1.82, 2.24) is 4.90 Å². The molecule has 3 aromatic rings. The first-order valence-electron chi connectivity index (χ1n) is 8.19. The van der Waals surface area contributed by atoms with E-state index in [0.717, 1.165) is 22.1 Å². The molecule has 1 heterocycles. The summed E-state index contributed by atoms with van der Waals surface area (Å²) < 4.78 is 15.7. The molecular formula is C20H18BrNO5. The molecule has 0 N–H and O–H groups in total. The van der Waals surface area contributed by atoms with E-state index in [1.807, 2.05) is 36.4 Å².